The zero-order chi connectivity index (χ0) is 23.6. The van der Waals surface area contributed by atoms with Crippen LogP contribution in [0.2, 0.25) is 0 Å². The van der Waals surface area contributed by atoms with Gasteiger partial charge in [0.15, 0.2) is 0 Å². The number of hydrogen-bond acceptors (Lipinski definition) is 4. The topological polar surface area (TPSA) is 95.9 Å². The van der Waals surface area contributed by atoms with Crippen molar-refractivity contribution in [1.29, 1.82) is 0 Å². The van der Waals surface area contributed by atoms with E-state index in [1.807, 2.05) is 36.4 Å². The maximum atomic E-state index is 12.9. The van der Waals surface area contributed by atoms with Crippen molar-refractivity contribution < 1.29 is 24.2 Å². The average Bonchev–Trinajstić information content (AvgIpc) is 3.36. The number of benzene rings is 2. The van der Waals surface area contributed by atoms with Crippen LogP contribution in [0.3, 0.4) is 0 Å². The second-order valence-electron chi connectivity index (χ2n) is 8.81. The molecule has 1 aliphatic heterocycles. The van der Waals surface area contributed by atoms with Crippen LogP contribution in [0.1, 0.15) is 36.8 Å². The molecule has 1 aliphatic carbocycles. The van der Waals surface area contributed by atoms with E-state index >= 15 is 0 Å². The van der Waals surface area contributed by atoms with Gasteiger partial charge in [-0.05, 0) is 35.6 Å². The minimum atomic E-state index is -1.000. The van der Waals surface area contributed by atoms with Gasteiger partial charge >= 0.3 is 12.1 Å². The molecule has 0 bridgehead atoms. The minimum Gasteiger partial charge on any atom is -0.481 e. The number of fused-ring (bicyclic) bond motifs is 3. The van der Waals surface area contributed by atoms with Crippen LogP contribution >= 0.6 is 0 Å². The highest BCUT2D eigenvalue weighted by Crippen LogP contribution is 2.44. The maximum absolute atomic E-state index is 12.9. The Balaban J connectivity index is 1.41. The van der Waals surface area contributed by atoms with Crippen molar-refractivity contribution in [2.45, 2.75) is 31.7 Å². The molecule has 1 heterocycles. The molecule has 2 aliphatic rings. The van der Waals surface area contributed by atoms with Gasteiger partial charge in [0.1, 0.15) is 12.6 Å². The fraction of sp³-hybridized carbons (Fsp3) is 0.346. The first-order valence-electron chi connectivity index (χ1n) is 10.9. The Morgan fingerprint density at radius 1 is 1.18 bits per heavy atom. The molecule has 4 rings (SSSR count). The lowest BCUT2D eigenvalue weighted by Crippen LogP contribution is -2.48. The van der Waals surface area contributed by atoms with Gasteiger partial charge in [-0.15, -0.1) is 12.3 Å². The number of aliphatic carboxylic acids is 1. The Morgan fingerprint density at radius 3 is 2.33 bits per heavy atom. The van der Waals surface area contributed by atoms with Crippen LogP contribution in [-0.2, 0) is 14.3 Å². The van der Waals surface area contributed by atoms with Crippen molar-refractivity contribution in [3.05, 3.63) is 59.7 Å². The van der Waals surface area contributed by atoms with E-state index in [1.54, 1.807) is 6.92 Å². The van der Waals surface area contributed by atoms with Crippen LogP contribution in [0.5, 0.6) is 0 Å². The third-order valence-corrected chi connectivity index (χ3v) is 6.56. The normalized spacial score (nSPS) is 19.8. The van der Waals surface area contributed by atoms with Crippen molar-refractivity contribution >= 4 is 18.0 Å². The summed E-state index contributed by atoms with van der Waals surface area (Å²) in [5.74, 6) is 0.968. The number of nitrogens with zero attached hydrogens (tertiary/aromatic N) is 1. The van der Waals surface area contributed by atoms with Crippen molar-refractivity contribution in [3.63, 3.8) is 0 Å². The number of carbonyl (C=O) groups excluding carboxylic acids is 2. The number of amides is 2. The smallest absolute Gasteiger partial charge is 0.407 e. The highest BCUT2D eigenvalue weighted by molar-refractivity contribution is 5.87. The van der Waals surface area contributed by atoms with Crippen molar-refractivity contribution in [1.82, 2.24) is 10.2 Å². The molecule has 2 unspecified atom stereocenters. The highest BCUT2D eigenvalue weighted by Gasteiger charge is 2.43. The highest BCUT2D eigenvalue weighted by atomic mass is 16.5. The molecule has 1 fully saturated rings. The molecule has 0 saturated carbocycles. The van der Waals surface area contributed by atoms with Gasteiger partial charge in [-0.2, -0.15) is 0 Å². The van der Waals surface area contributed by atoms with Gasteiger partial charge in [0.25, 0.3) is 0 Å². The minimum absolute atomic E-state index is 0.0106. The molecule has 33 heavy (non-hydrogen) atoms. The molecule has 7 heteroatoms. The lowest BCUT2D eigenvalue weighted by atomic mass is 9.90. The Hall–Kier alpha value is -3.79. The van der Waals surface area contributed by atoms with Crippen LogP contribution in [0.15, 0.2) is 48.5 Å². The van der Waals surface area contributed by atoms with E-state index in [4.69, 9.17) is 11.2 Å². The molecular weight excluding hydrogens is 420 g/mol. The first-order valence-corrected chi connectivity index (χ1v) is 10.9. The number of rotatable bonds is 6. The maximum Gasteiger partial charge on any atom is 0.407 e. The number of carbonyl (C=O) groups is 3. The van der Waals surface area contributed by atoms with Crippen LogP contribution < -0.4 is 5.32 Å². The van der Waals surface area contributed by atoms with E-state index in [1.165, 1.54) is 4.90 Å². The van der Waals surface area contributed by atoms with Crippen molar-refractivity contribution in [2.75, 3.05) is 19.7 Å². The fourth-order valence-corrected chi connectivity index (χ4v) is 4.64. The predicted octanol–water partition coefficient (Wildman–Crippen LogP) is 3.24. The zero-order valence-electron chi connectivity index (χ0n) is 18.4. The SMILES string of the molecule is C#CCC(NC(=O)OCC1c2ccccc2-c2ccccc21)C(=O)N1CCC(C)(C(=O)O)C1. The summed E-state index contributed by atoms with van der Waals surface area (Å²) in [6, 6.07) is 15.1. The molecule has 170 valence electrons. The predicted molar refractivity (Wildman–Crippen MR) is 122 cm³/mol. The molecule has 1 saturated heterocycles. The summed E-state index contributed by atoms with van der Waals surface area (Å²) in [4.78, 5) is 38.5. The number of alkyl carbamates (subject to hydrolysis) is 1. The average molecular weight is 447 g/mol. The standard InChI is InChI=1S/C26H26N2O5/c1-3-8-22(23(29)28-14-13-26(2,16-28)24(30)31)27-25(32)33-15-21-19-11-6-4-9-17(19)18-10-5-7-12-20(18)21/h1,4-7,9-12,21-22H,8,13-16H2,2H3,(H,27,32)(H,30,31). The van der Waals surface area contributed by atoms with E-state index in [2.05, 4.69) is 23.4 Å². The Kier molecular flexibility index (Phi) is 6.10. The number of ether oxygens (including phenoxy) is 1. The third kappa shape index (κ3) is 4.29. The van der Waals surface area contributed by atoms with Gasteiger partial charge in [0.05, 0.1) is 5.41 Å². The van der Waals surface area contributed by atoms with E-state index in [9.17, 15) is 19.5 Å². The van der Waals surface area contributed by atoms with E-state index in [-0.39, 0.29) is 25.5 Å². The molecule has 0 radical (unpaired) electrons. The Morgan fingerprint density at radius 2 is 1.79 bits per heavy atom. The van der Waals surface area contributed by atoms with Gasteiger partial charge in [0.2, 0.25) is 5.91 Å². The van der Waals surface area contributed by atoms with Gasteiger partial charge in [-0.1, -0.05) is 48.5 Å². The Labute approximate surface area is 192 Å². The van der Waals surface area contributed by atoms with Crippen molar-refractivity contribution in [2.24, 2.45) is 5.41 Å². The zero-order valence-corrected chi connectivity index (χ0v) is 18.4. The first-order chi connectivity index (χ1) is 15.8. The summed E-state index contributed by atoms with van der Waals surface area (Å²) in [6.45, 7) is 2.11. The number of carboxylic acids is 1. The summed E-state index contributed by atoms with van der Waals surface area (Å²) in [6.07, 6.45) is 5.02. The molecule has 0 spiro atoms. The van der Waals surface area contributed by atoms with Crippen LogP contribution in [0.25, 0.3) is 11.1 Å². The molecule has 2 atom stereocenters. The van der Waals surface area contributed by atoms with Gasteiger partial charge in [-0.25, -0.2) is 4.79 Å². The number of likely N-dealkylation sites (tertiary alicyclic amines) is 1. The van der Waals surface area contributed by atoms with Gasteiger partial charge in [-0.3, -0.25) is 9.59 Å². The van der Waals surface area contributed by atoms with E-state index < -0.39 is 29.4 Å². The summed E-state index contributed by atoms with van der Waals surface area (Å²) in [5.41, 5.74) is 3.43. The molecule has 2 N–H and O–H groups in total. The van der Waals surface area contributed by atoms with Crippen LogP contribution in [0.4, 0.5) is 4.79 Å². The fourth-order valence-electron chi connectivity index (χ4n) is 4.64. The monoisotopic (exact) mass is 446 g/mol. The summed E-state index contributed by atoms with van der Waals surface area (Å²) in [7, 11) is 0. The summed E-state index contributed by atoms with van der Waals surface area (Å²) in [5, 5.41) is 12.0. The molecule has 2 aromatic rings. The van der Waals surface area contributed by atoms with Crippen molar-refractivity contribution in [3.8, 4) is 23.5 Å². The second-order valence-corrected chi connectivity index (χ2v) is 8.81. The number of terminal acetylenes is 1. The molecule has 0 aromatic heterocycles. The van der Waals surface area contributed by atoms with Crippen LogP contribution in [0, 0.1) is 17.8 Å². The summed E-state index contributed by atoms with van der Waals surface area (Å²) >= 11 is 0. The van der Waals surface area contributed by atoms with Crippen LogP contribution in [-0.4, -0.2) is 53.7 Å². The van der Waals surface area contributed by atoms with Gasteiger partial charge in [0, 0.05) is 25.4 Å². The lowest BCUT2D eigenvalue weighted by molar-refractivity contribution is -0.147. The Bertz CT molecular complexity index is 1090. The molecule has 2 aromatic carbocycles. The van der Waals surface area contributed by atoms with Gasteiger partial charge < -0.3 is 20.1 Å². The molecule has 7 nitrogen and oxygen atoms in total. The first kappa shape index (κ1) is 22.4. The van der Waals surface area contributed by atoms with E-state index in [0.29, 0.717) is 13.0 Å². The number of carboxylic acid groups (broad SMARTS) is 1. The number of hydrogen-bond donors (Lipinski definition) is 2. The third-order valence-electron chi connectivity index (χ3n) is 6.56. The summed E-state index contributed by atoms with van der Waals surface area (Å²) < 4.78 is 5.52. The second kappa shape index (κ2) is 8.99. The molecular formula is C26H26N2O5. The number of nitrogens with one attached hydrogen (secondary N) is 1. The lowest BCUT2D eigenvalue weighted by Gasteiger charge is -2.24. The quantitative estimate of drug-likeness (QED) is 0.664. The largest absolute Gasteiger partial charge is 0.481 e. The van der Waals surface area contributed by atoms with E-state index in [0.717, 1.165) is 22.3 Å². The molecule has 2 amide bonds.